The molecule has 0 aliphatic carbocycles. The summed E-state index contributed by atoms with van der Waals surface area (Å²) in [5.41, 5.74) is 5.69. The molecule has 0 heteroatoms. The molecule has 0 atom stereocenters. The Kier molecular flexibility index (Phi) is 4.62. The van der Waals surface area contributed by atoms with Gasteiger partial charge in [0.15, 0.2) is 0 Å². The summed E-state index contributed by atoms with van der Waals surface area (Å²) in [6.07, 6.45) is 2.06. The Labute approximate surface area is 139 Å². The summed E-state index contributed by atoms with van der Waals surface area (Å²) in [7, 11) is 0. The van der Waals surface area contributed by atoms with Gasteiger partial charge in [-0.05, 0) is 40.5 Å². The fourth-order valence-electron chi connectivity index (χ4n) is 3.11. The van der Waals surface area contributed by atoms with Gasteiger partial charge in [0.2, 0.25) is 0 Å². The normalized spacial score (nSPS) is 11.4. The highest BCUT2D eigenvalue weighted by molar-refractivity contribution is 5.32. The Morgan fingerprint density at radius 2 is 1.04 bits per heavy atom. The van der Waals surface area contributed by atoms with Crippen LogP contribution in [0.1, 0.15) is 36.1 Å². The average Bonchev–Trinajstić information content (AvgIpc) is 2.58. The van der Waals surface area contributed by atoms with E-state index in [0.29, 0.717) is 0 Å². The van der Waals surface area contributed by atoms with Gasteiger partial charge >= 0.3 is 0 Å². The number of benzene rings is 3. The van der Waals surface area contributed by atoms with Crippen LogP contribution in [0.25, 0.3) is 0 Å². The maximum absolute atomic E-state index is 2.32. The molecule has 23 heavy (non-hydrogen) atoms. The van der Waals surface area contributed by atoms with Crippen molar-refractivity contribution in [3.63, 3.8) is 0 Å². The first-order valence-corrected chi connectivity index (χ1v) is 8.31. The second kappa shape index (κ2) is 6.83. The summed E-state index contributed by atoms with van der Waals surface area (Å²) in [4.78, 5) is 0. The van der Waals surface area contributed by atoms with Gasteiger partial charge in [-0.25, -0.2) is 0 Å². The molecule has 0 heterocycles. The summed E-state index contributed by atoms with van der Waals surface area (Å²) < 4.78 is 0. The lowest BCUT2D eigenvalue weighted by atomic mass is 9.79. The van der Waals surface area contributed by atoms with Gasteiger partial charge in [-0.1, -0.05) is 98.8 Å². The lowest BCUT2D eigenvalue weighted by Crippen LogP contribution is -2.20. The predicted octanol–water partition coefficient (Wildman–Crippen LogP) is 5.80. The van der Waals surface area contributed by atoms with E-state index in [4.69, 9.17) is 0 Å². The number of hydrogen-bond acceptors (Lipinski definition) is 0. The zero-order valence-corrected chi connectivity index (χ0v) is 14.0. The van der Waals surface area contributed by atoms with Crippen molar-refractivity contribution in [2.75, 3.05) is 0 Å². The van der Waals surface area contributed by atoms with E-state index in [1.54, 1.807) is 0 Å². The molecule has 3 aromatic rings. The maximum atomic E-state index is 2.32. The van der Waals surface area contributed by atoms with Crippen molar-refractivity contribution in [2.24, 2.45) is 0 Å². The van der Waals surface area contributed by atoms with Crippen molar-refractivity contribution in [3.8, 4) is 0 Å². The summed E-state index contributed by atoms with van der Waals surface area (Å²) in [5, 5.41) is 0. The Hall–Kier alpha value is -2.34. The van der Waals surface area contributed by atoms with E-state index in [2.05, 4.69) is 98.8 Å². The van der Waals surface area contributed by atoms with Gasteiger partial charge in [0, 0.05) is 0 Å². The largest absolute Gasteiger partial charge is 0.0622 e. The monoisotopic (exact) mass is 300 g/mol. The van der Waals surface area contributed by atoms with Crippen LogP contribution in [0.2, 0.25) is 0 Å². The van der Waals surface area contributed by atoms with Crippen molar-refractivity contribution in [1.29, 1.82) is 0 Å². The first-order valence-electron chi connectivity index (χ1n) is 8.31. The Bertz CT molecular complexity index is 722. The highest BCUT2D eigenvalue weighted by Crippen LogP contribution is 2.27. The third kappa shape index (κ3) is 4.10. The maximum Gasteiger partial charge on any atom is -0.00258 e. The molecule has 0 bridgehead atoms. The molecule has 116 valence electrons. The summed E-state index contributed by atoms with van der Waals surface area (Å²) in [6, 6.07) is 30.5. The van der Waals surface area contributed by atoms with Crippen LogP contribution >= 0.6 is 0 Å². The van der Waals surface area contributed by atoms with Gasteiger partial charge in [0.1, 0.15) is 0 Å². The van der Waals surface area contributed by atoms with E-state index >= 15 is 0 Å². The minimum atomic E-state index is 0.155. The second-order valence-corrected chi connectivity index (χ2v) is 6.91. The molecule has 3 aromatic carbocycles. The zero-order valence-electron chi connectivity index (χ0n) is 14.0. The molecule has 0 spiro atoms. The van der Waals surface area contributed by atoms with E-state index in [1.807, 2.05) is 0 Å². The van der Waals surface area contributed by atoms with Gasteiger partial charge in [-0.2, -0.15) is 0 Å². The zero-order chi connectivity index (χ0) is 16.1. The fraction of sp³-hybridized carbons (Fsp3) is 0.217. The van der Waals surface area contributed by atoms with Crippen LogP contribution in [0.5, 0.6) is 0 Å². The minimum absolute atomic E-state index is 0.155. The van der Waals surface area contributed by atoms with Crippen LogP contribution in [0, 0.1) is 0 Å². The molecule has 0 saturated carbocycles. The lowest BCUT2D eigenvalue weighted by molar-refractivity contribution is 0.522. The summed E-state index contributed by atoms with van der Waals surface area (Å²) in [5.74, 6) is 0. The van der Waals surface area contributed by atoms with E-state index in [0.717, 1.165) is 12.8 Å². The average molecular weight is 300 g/mol. The highest BCUT2D eigenvalue weighted by Gasteiger charge is 2.20. The molecule has 0 saturated heterocycles. The number of rotatable bonds is 5. The quantitative estimate of drug-likeness (QED) is 0.559. The SMILES string of the molecule is CC(C)(Cc1ccc(Cc2ccccc2)cc1)c1ccccc1. The third-order valence-electron chi connectivity index (χ3n) is 4.48. The van der Waals surface area contributed by atoms with Crippen molar-refractivity contribution in [3.05, 3.63) is 107 Å². The molecule has 0 aliphatic heterocycles. The van der Waals surface area contributed by atoms with Crippen LogP contribution in [0.4, 0.5) is 0 Å². The van der Waals surface area contributed by atoms with Crippen LogP contribution < -0.4 is 0 Å². The molecule has 0 nitrogen and oxygen atoms in total. The minimum Gasteiger partial charge on any atom is -0.0622 e. The van der Waals surface area contributed by atoms with Crippen molar-refractivity contribution in [2.45, 2.75) is 32.1 Å². The Morgan fingerprint density at radius 1 is 0.565 bits per heavy atom. The van der Waals surface area contributed by atoms with Gasteiger partial charge < -0.3 is 0 Å². The molecule has 0 aliphatic rings. The van der Waals surface area contributed by atoms with Gasteiger partial charge in [0.05, 0.1) is 0 Å². The van der Waals surface area contributed by atoms with E-state index in [-0.39, 0.29) is 5.41 Å². The van der Waals surface area contributed by atoms with E-state index in [9.17, 15) is 0 Å². The molecule has 3 rings (SSSR count). The standard InChI is InChI=1S/C23H24/c1-23(2,22-11-7-4-8-12-22)18-21-15-13-20(14-16-21)17-19-9-5-3-6-10-19/h3-16H,17-18H2,1-2H3. The third-order valence-corrected chi connectivity index (χ3v) is 4.48. The molecule has 0 amide bonds. The molecular formula is C23H24. The number of hydrogen-bond donors (Lipinski definition) is 0. The van der Waals surface area contributed by atoms with Crippen LogP contribution in [0.3, 0.4) is 0 Å². The van der Waals surface area contributed by atoms with E-state index < -0.39 is 0 Å². The van der Waals surface area contributed by atoms with Crippen LogP contribution in [0.15, 0.2) is 84.9 Å². The van der Waals surface area contributed by atoms with Gasteiger partial charge in [-0.3, -0.25) is 0 Å². The van der Waals surface area contributed by atoms with Gasteiger partial charge in [-0.15, -0.1) is 0 Å². The smallest absolute Gasteiger partial charge is 0.00258 e. The Balaban J connectivity index is 1.70. The highest BCUT2D eigenvalue weighted by atomic mass is 14.2. The van der Waals surface area contributed by atoms with Gasteiger partial charge in [0.25, 0.3) is 0 Å². The predicted molar refractivity (Wildman–Crippen MR) is 98.9 cm³/mol. The summed E-state index contributed by atoms with van der Waals surface area (Å²) >= 11 is 0. The Morgan fingerprint density at radius 3 is 1.65 bits per heavy atom. The lowest BCUT2D eigenvalue weighted by Gasteiger charge is -2.25. The molecule has 0 N–H and O–H groups in total. The first kappa shape index (κ1) is 15.6. The van der Waals surface area contributed by atoms with Crippen molar-refractivity contribution < 1.29 is 0 Å². The molecule has 0 unspecified atom stereocenters. The van der Waals surface area contributed by atoms with Crippen LogP contribution in [-0.2, 0) is 18.3 Å². The topological polar surface area (TPSA) is 0 Å². The molecular weight excluding hydrogens is 276 g/mol. The van der Waals surface area contributed by atoms with E-state index in [1.165, 1.54) is 22.3 Å². The first-order chi connectivity index (χ1) is 11.1. The van der Waals surface area contributed by atoms with Crippen molar-refractivity contribution in [1.82, 2.24) is 0 Å². The fourth-order valence-corrected chi connectivity index (χ4v) is 3.11. The molecule has 0 aromatic heterocycles. The molecule has 0 radical (unpaired) electrons. The summed E-state index contributed by atoms with van der Waals surface area (Å²) in [6.45, 7) is 4.64. The van der Waals surface area contributed by atoms with Crippen LogP contribution in [-0.4, -0.2) is 0 Å². The van der Waals surface area contributed by atoms with Crippen molar-refractivity contribution >= 4 is 0 Å². The molecule has 0 fully saturated rings. The second-order valence-electron chi connectivity index (χ2n) is 6.91.